The minimum Gasteiger partial charge on any atom is -0.508 e. The van der Waals surface area contributed by atoms with Gasteiger partial charge in [0, 0.05) is 6.04 Å². The normalized spacial score (nSPS) is 12.8. The van der Waals surface area contributed by atoms with Crippen molar-refractivity contribution in [1.82, 2.24) is 5.32 Å². The average Bonchev–Trinajstić information content (AvgIpc) is 2.07. The molecule has 2 nitrogen and oxygen atoms in total. The summed E-state index contributed by atoms with van der Waals surface area (Å²) in [5, 5.41) is 12.4. The smallest absolute Gasteiger partial charge is 0.115 e. The SMILES string of the molecule is CCC(NC)c1cccc(O)c1. The fourth-order valence-electron chi connectivity index (χ4n) is 1.35. The molecule has 1 aromatic rings. The van der Waals surface area contributed by atoms with E-state index in [4.69, 9.17) is 0 Å². The number of hydrogen-bond acceptors (Lipinski definition) is 2. The lowest BCUT2D eigenvalue weighted by atomic mass is 10.0. The van der Waals surface area contributed by atoms with Crippen molar-refractivity contribution in [2.75, 3.05) is 7.05 Å². The number of aromatic hydroxyl groups is 1. The van der Waals surface area contributed by atoms with Gasteiger partial charge < -0.3 is 10.4 Å². The van der Waals surface area contributed by atoms with Crippen LogP contribution in [0.3, 0.4) is 0 Å². The van der Waals surface area contributed by atoms with Gasteiger partial charge in [0.1, 0.15) is 5.75 Å². The summed E-state index contributed by atoms with van der Waals surface area (Å²) >= 11 is 0. The summed E-state index contributed by atoms with van der Waals surface area (Å²) in [4.78, 5) is 0. The van der Waals surface area contributed by atoms with Crippen LogP contribution in [0, 0.1) is 0 Å². The fourth-order valence-corrected chi connectivity index (χ4v) is 1.35. The second-order valence-corrected chi connectivity index (χ2v) is 2.84. The quantitative estimate of drug-likeness (QED) is 0.718. The Bertz CT molecular complexity index is 243. The van der Waals surface area contributed by atoms with Gasteiger partial charge in [0.25, 0.3) is 0 Å². The maximum Gasteiger partial charge on any atom is 0.115 e. The van der Waals surface area contributed by atoms with Crippen LogP contribution < -0.4 is 5.32 Å². The third-order valence-electron chi connectivity index (χ3n) is 2.03. The summed E-state index contributed by atoms with van der Waals surface area (Å²) in [6, 6.07) is 7.71. The molecule has 12 heavy (non-hydrogen) atoms. The molecular formula is C10H15NO. The van der Waals surface area contributed by atoms with Crippen molar-refractivity contribution in [3.8, 4) is 5.75 Å². The molecule has 0 aromatic heterocycles. The van der Waals surface area contributed by atoms with Gasteiger partial charge >= 0.3 is 0 Å². The van der Waals surface area contributed by atoms with Crippen molar-refractivity contribution < 1.29 is 5.11 Å². The van der Waals surface area contributed by atoms with Crippen molar-refractivity contribution in [2.24, 2.45) is 0 Å². The lowest BCUT2D eigenvalue weighted by molar-refractivity contribution is 0.472. The maximum absolute atomic E-state index is 9.23. The first-order valence-corrected chi connectivity index (χ1v) is 4.24. The van der Waals surface area contributed by atoms with E-state index in [9.17, 15) is 5.11 Å². The number of phenolic OH excluding ortho intramolecular Hbond substituents is 1. The zero-order chi connectivity index (χ0) is 8.97. The molecule has 0 aliphatic carbocycles. The lowest BCUT2D eigenvalue weighted by Crippen LogP contribution is -2.14. The summed E-state index contributed by atoms with van der Waals surface area (Å²) in [5.74, 6) is 0.334. The zero-order valence-corrected chi connectivity index (χ0v) is 7.54. The van der Waals surface area contributed by atoms with Crippen LogP contribution in [0.4, 0.5) is 0 Å². The minimum atomic E-state index is 0.334. The largest absolute Gasteiger partial charge is 0.508 e. The first-order valence-electron chi connectivity index (χ1n) is 4.24. The molecule has 0 fully saturated rings. The highest BCUT2D eigenvalue weighted by atomic mass is 16.3. The van der Waals surface area contributed by atoms with E-state index >= 15 is 0 Å². The second-order valence-electron chi connectivity index (χ2n) is 2.84. The Morgan fingerprint density at radius 3 is 2.75 bits per heavy atom. The van der Waals surface area contributed by atoms with E-state index in [1.165, 1.54) is 0 Å². The van der Waals surface area contributed by atoms with Crippen molar-refractivity contribution in [3.05, 3.63) is 29.8 Å². The Morgan fingerprint density at radius 2 is 2.25 bits per heavy atom. The summed E-state index contributed by atoms with van der Waals surface area (Å²) in [6.45, 7) is 2.12. The van der Waals surface area contributed by atoms with E-state index in [0.29, 0.717) is 11.8 Å². The number of rotatable bonds is 3. The number of benzene rings is 1. The molecule has 0 saturated carbocycles. The standard InChI is InChI=1S/C10H15NO/c1-3-10(11-2)8-5-4-6-9(12)7-8/h4-7,10-12H,3H2,1-2H3. The third-order valence-corrected chi connectivity index (χ3v) is 2.03. The minimum absolute atomic E-state index is 0.334. The molecule has 0 aliphatic rings. The summed E-state index contributed by atoms with van der Waals surface area (Å²) in [6.07, 6.45) is 1.03. The van der Waals surface area contributed by atoms with Crippen molar-refractivity contribution >= 4 is 0 Å². The Hall–Kier alpha value is -1.02. The Labute approximate surface area is 73.2 Å². The Balaban J connectivity index is 2.85. The molecule has 1 aromatic carbocycles. The van der Waals surface area contributed by atoms with Crippen LogP contribution in [0.15, 0.2) is 24.3 Å². The van der Waals surface area contributed by atoms with Crippen LogP contribution in [0.1, 0.15) is 24.9 Å². The van der Waals surface area contributed by atoms with E-state index in [2.05, 4.69) is 12.2 Å². The van der Waals surface area contributed by atoms with Gasteiger partial charge in [0.15, 0.2) is 0 Å². The molecule has 0 radical (unpaired) electrons. The molecular weight excluding hydrogens is 150 g/mol. The van der Waals surface area contributed by atoms with Crippen LogP contribution in [-0.2, 0) is 0 Å². The number of phenols is 1. The molecule has 2 heteroatoms. The van der Waals surface area contributed by atoms with Crippen molar-refractivity contribution in [1.29, 1.82) is 0 Å². The lowest BCUT2D eigenvalue weighted by Gasteiger charge is -2.13. The summed E-state index contributed by atoms with van der Waals surface area (Å²) in [5.41, 5.74) is 1.14. The first kappa shape index (κ1) is 9.07. The van der Waals surface area contributed by atoms with Gasteiger partial charge in [-0.1, -0.05) is 19.1 Å². The predicted molar refractivity (Wildman–Crippen MR) is 50.2 cm³/mol. The molecule has 0 saturated heterocycles. The summed E-state index contributed by atoms with van der Waals surface area (Å²) in [7, 11) is 1.93. The Morgan fingerprint density at radius 1 is 1.50 bits per heavy atom. The molecule has 0 heterocycles. The fraction of sp³-hybridized carbons (Fsp3) is 0.400. The maximum atomic E-state index is 9.23. The van der Waals surface area contributed by atoms with Gasteiger partial charge in [-0.25, -0.2) is 0 Å². The Kier molecular flexibility index (Phi) is 3.11. The summed E-state index contributed by atoms with van der Waals surface area (Å²) < 4.78 is 0. The highest BCUT2D eigenvalue weighted by Gasteiger charge is 2.05. The highest BCUT2D eigenvalue weighted by Crippen LogP contribution is 2.19. The van der Waals surface area contributed by atoms with Gasteiger partial charge in [-0.3, -0.25) is 0 Å². The molecule has 66 valence electrons. The van der Waals surface area contributed by atoms with E-state index in [1.807, 2.05) is 19.2 Å². The molecule has 0 bridgehead atoms. The van der Waals surface area contributed by atoms with Gasteiger partial charge in [-0.15, -0.1) is 0 Å². The molecule has 0 amide bonds. The van der Waals surface area contributed by atoms with Gasteiger partial charge in [0.2, 0.25) is 0 Å². The number of nitrogens with one attached hydrogen (secondary N) is 1. The molecule has 0 spiro atoms. The molecule has 1 atom stereocenters. The second kappa shape index (κ2) is 4.12. The monoisotopic (exact) mass is 165 g/mol. The molecule has 0 aliphatic heterocycles. The first-order chi connectivity index (χ1) is 5.77. The topological polar surface area (TPSA) is 32.3 Å². The average molecular weight is 165 g/mol. The van der Waals surface area contributed by atoms with Crippen LogP contribution in [0.2, 0.25) is 0 Å². The van der Waals surface area contributed by atoms with Gasteiger partial charge in [-0.2, -0.15) is 0 Å². The van der Waals surface area contributed by atoms with Crippen molar-refractivity contribution in [3.63, 3.8) is 0 Å². The van der Waals surface area contributed by atoms with E-state index < -0.39 is 0 Å². The predicted octanol–water partition coefficient (Wildman–Crippen LogP) is 2.06. The number of hydrogen-bond donors (Lipinski definition) is 2. The van der Waals surface area contributed by atoms with Gasteiger partial charge in [0.05, 0.1) is 0 Å². The van der Waals surface area contributed by atoms with E-state index in [-0.39, 0.29) is 0 Å². The van der Waals surface area contributed by atoms with Crippen LogP contribution in [0.5, 0.6) is 5.75 Å². The third kappa shape index (κ3) is 1.98. The van der Waals surface area contributed by atoms with Crippen LogP contribution in [-0.4, -0.2) is 12.2 Å². The zero-order valence-electron chi connectivity index (χ0n) is 7.54. The van der Waals surface area contributed by atoms with Gasteiger partial charge in [-0.05, 0) is 31.2 Å². The van der Waals surface area contributed by atoms with Crippen LogP contribution in [0.25, 0.3) is 0 Å². The van der Waals surface area contributed by atoms with Crippen LogP contribution >= 0.6 is 0 Å². The molecule has 1 unspecified atom stereocenters. The van der Waals surface area contributed by atoms with E-state index in [0.717, 1.165) is 12.0 Å². The van der Waals surface area contributed by atoms with Crippen molar-refractivity contribution in [2.45, 2.75) is 19.4 Å². The highest BCUT2D eigenvalue weighted by molar-refractivity contribution is 5.29. The molecule has 1 rings (SSSR count). The van der Waals surface area contributed by atoms with E-state index in [1.54, 1.807) is 12.1 Å². The molecule has 2 N–H and O–H groups in total.